The Morgan fingerprint density at radius 2 is 2.07 bits per heavy atom. The molecule has 0 heterocycles. The summed E-state index contributed by atoms with van der Waals surface area (Å²) in [4.78, 5) is 10.9. The van der Waals surface area contributed by atoms with Gasteiger partial charge in [-0.3, -0.25) is 4.79 Å². The molecule has 0 radical (unpaired) electrons. The van der Waals surface area contributed by atoms with E-state index in [0.29, 0.717) is 0 Å². The van der Waals surface area contributed by atoms with Crippen molar-refractivity contribution in [2.24, 2.45) is 5.92 Å². The van der Waals surface area contributed by atoms with Crippen molar-refractivity contribution in [2.75, 3.05) is 13.4 Å². The van der Waals surface area contributed by atoms with Crippen molar-refractivity contribution in [1.82, 2.24) is 0 Å². The van der Waals surface area contributed by atoms with E-state index in [2.05, 4.69) is 4.74 Å². The van der Waals surface area contributed by atoms with Crippen LogP contribution in [-0.4, -0.2) is 43.6 Å². The van der Waals surface area contributed by atoms with E-state index in [1.165, 1.54) is 0 Å². The van der Waals surface area contributed by atoms with E-state index >= 15 is 0 Å². The molecule has 0 aromatic heterocycles. The Labute approximate surface area is 90.5 Å². The van der Waals surface area contributed by atoms with E-state index in [0.717, 1.165) is 0 Å². The van der Waals surface area contributed by atoms with Gasteiger partial charge in [0.2, 0.25) is 0 Å². The Morgan fingerprint density at radius 1 is 1.47 bits per heavy atom. The van der Waals surface area contributed by atoms with Crippen LogP contribution in [0.1, 0.15) is 19.8 Å². The van der Waals surface area contributed by atoms with Gasteiger partial charge in [-0.2, -0.15) is 0 Å². The molecule has 0 aromatic rings. The minimum atomic E-state index is -1.96. The Kier molecular flexibility index (Phi) is 7.49. The van der Waals surface area contributed by atoms with E-state index < -0.39 is 35.0 Å². The van der Waals surface area contributed by atoms with Crippen LogP contribution in [0, 0.1) is 5.92 Å². The fourth-order valence-corrected chi connectivity index (χ4v) is 1.58. The molecule has 3 unspecified atom stereocenters. The molecular formula is C8H16O6S. The summed E-state index contributed by atoms with van der Waals surface area (Å²) in [6, 6.07) is 0. The third kappa shape index (κ3) is 6.56. The Morgan fingerprint density at radius 3 is 2.47 bits per heavy atom. The van der Waals surface area contributed by atoms with Crippen LogP contribution in [-0.2, 0) is 20.6 Å². The fourth-order valence-electron chi connectivity index (χ4n) is 1.14. The molecule has 0 aliphatic heterocycles. The molecule has 0 bridgehead atoms. The number of carbonyl (C=O) groups excluding carboxylic acids is 1. The second-order valence-electron chi connectivity index (χ2n) is 3.22. The number of ether oxygens (including phenoxy) is 1. The highest BCUT2D eigenvalue weighted by Gasteiger charge is 2.19. The van der Waals surface area contributed by atoms with Crippen molar-refractivity contribution in [1.29, 1.82) is 0 Å². The van der Waals surface area contributed by atoms with Crippen molar-refractivity contribution >= 4 is 17.0 Å². The summed E-state index contributed by atoms with van der Waals surface area (Å²) in [7, 11) is 0. The largest absolute Gasteiger partial charge is 0.439 e. The average Bonchev–Trinajstić information content (AvgIpc) is 2.16. The zero-order chi connectivity index (χ0) is 11.8. The first-order valence-electron chi connectivity index (χ1n) is 4.48. The highest BCUT2D eigenvalue weighted by Crippen LogP contribution is 2.14. The Hall–Kier alpha value is -0.500. The molecule has 0 fully saturated rings. The van der Waals surface area contributed by atoms with Crippen molar-refractivity contribution < 1.29 is 28.5 Å². The van der Waals surface area contributed by atoms with Gasteiger partial charge in [0.15, 0.2) is 17.9 Å². The normalized spacial score (nSPS) is 16.8. The smallest absolute Gasteiger partial charge is 0.308 e. The minimum Gasteiger partial charge on any atom is -0.439 e. The maximum Gasteiger partial charge on any atom is 0.308 e. The summed E-state index contributed by atoms with van der Waals surface area (Å²) in [6.45, 7) is 0.594. The number of aliphatic hydroxyl groups is 2. The summed E-state index contributed by atoms with van der Waals surface area (Å²) in [6.07, 6.45) is 0.179. The van der Waals surface area contributed by atoms with Gasteiger partial charge in [-0.05, 0) is 19.3 Å². The van der Waals surface area contributed by atoms with Crippen molar-refractivity contribution in [3.63, 3.8) is 0 Å². The van der Waals surface area contributed by atoms with Crippen molar-refractivity contribution in [3.05, 3.63) is 0 Å². The van der Waals surface area contributed by atoms with Gasteiger partial charge in [-0.1, -0.05) is 0 Å². The van der Waals surface area contributed by atoms with Gasteiger partial charge in [-0.15, -0.1) is 0 Å². The van der Waals surface area contributed by atoms with Crippen LogP contribution in [0.25, 0.3) is 0 Å². The number of esters is 1. The highest BCUT2D eigenvalue weighted by molar-refractivity contribution is 7.79. The molecule has 0 aliphatic carbocycles. The molecule has 0 saturated carbocycles. The molecule has 3 N–H and O–H groups in total. The van der Waals surface area contributed by atoms with Crippen LogP contribution in [0.2, 0.25) is 0 Å². The highest BCUT2D eigenvalue weighted by atomic mass is 32.2. The van der Waals surface area contributed by atoms with E-state index in [1.54, 1.807) is 6.92 Å². The van der Waals surface area contributed by atoms with Crippen LogP contribution in [0.5, 0.6) is 0 Å². The lowest BCUT2D eigenvalue weighted by molar-refractivity contribution is -0.153. The van der Waals surface area contributed by atoms with Gasteiger partial charge < -0.3 is 19.5 Å². The quantitative estimate of drug-likeness (QED) is 0.314. The first-order chi connectivity index (χ1) is 7.01. The molecule has 0 aromatic carbocycles. The van der Waals surface area contributed by atoms with Crippen molar-refractivity contribution in [2.45, 2.75) is 25.0 Å². The summed E-state index contributed by atoms with van der Waals surface area (Å²) in [5.74, 6) is -1.05. The van der Waals surface area contributed by atoms with Crippen LogP contribution in [0.15, 0.2) is 0 Å². The predicted molar refractivity (Wildman–Crippen MR) is 53.2 cm³/mol. The summed E-state index contributed by atoms with van der Waals surface area (Å²) in [5.41, 5.74) is 0. The fraction of sp³-hybridized carbons (Fsp3) is 0.875. The zero-order valence-corrected chi connectivity index (χ0v) is 9.27. The molecule has 0 aliphatic rings. The monoisotopic (exact) mass is 240 g/mol. The molecular weight excluding hydrogens is 224 g/mol. The number of hydrogen-bond donors (Lipinski definition) is 3. The maximum absolute atomic E-state index is 10.9. The van der Waals surface area contributed by atoms with E-state index in [9.17, 15) is 9.00 Å². The van der Waals surface area contributed by atoms with Crippen molar-refractivity contribution in [3.8, 4) is 0 Å². The minimum absolute atomic E-state index is 0.0708. The van der Waals surface area contributed by atoms with Crippen LogP contribution < -0.4 is 0 Å². The molecule has 15 heavy (non-hydrogen) atoms. The molecule has 0 amide bonds. The van der Waals surface area contributed by atoms with E-state index in [-0.39, 0.29) is 19.4 Å². The molecule has 0 spiro atoms. The molecule has 3 atom stereocenters. The summed E-state index contributed by atoms with van der Waals surface area (Å²) in [5, 5.41) is 16.7. The average molecular weight is 240 g/mol. The third-order valence-electron chi connectivity index (χ3n) is 1.95. The van der Waals surface area contributed by atoms with Gasteiger partial charge in [0.1, 0.15) is 0 Å². The standard InChI is InChI=1S/C8H16O6S/c1-6(15(12)13)2-7(4-9)3-8(11)14-5-10/h6-7,9-10H,2-5H2,1H3,(H,12,13). The second-order valence-corrected chi connectivity index (χ2v) is 4.58. The maximum atomic E-state index is 10.9. The molecule has 0 rings (SSSR count). The van der Waals surface area contributed by atoms with Crippen LogP contribution in [0.3, 0.4) is 0 Å². The summed E-state index contributed by atoms with van der Waals surface area (Å²) < 4.78 is 23.7. The molecule has 6 nitrogen and oxygen atoms in total. The number of carbonyl (C=O) groups is 1. The lowest BCUT2D eigenvalue weighted by atomic mass is 10.0. The first-order valence-corrected chi connectivity index (χ1v) is 5.65. The number of aliphatic hydroxyl groups excluding tert-OH is 2. The van der Waals surface area contributed by atoms with E-state index in [4.69, 9.17) is 14.8 Å². The van der Waals surface area contributed by atoms with Gasteiger partial charge in [0, 0.05) is 6.61 Å². The van der Waals surface area contributed by atoms with E-state index in [1.807, 2.05) is 0 Å². The second kappa shape index (κ2) is 7.75. The molecule has 7 heteroatoms. The predicted octanol–water partition coefficient (Wildman–Crippen LogP) is -0.522. The van der Waals surface area contributed by atoms with Crippen LogP contribution in [0.4, 0.5) is 0 Å². The molecule has 0 saturated heterocycles. The number of rotatable bonds is 7. The van der Waals surface area contributed by atoms with Gasteiger partial charge in [0.25, 0.3) is 0 Å². The SMILES string of the molecule is CC(CC(CO)CC(=O)OCO)S(=O)O. The summed E-state index contributed by atoms with van der Waals surface area (Å²) >= 11 is -1.96. The number of hydrogen-bond acceptors (Lipinski definition) is 5. The Bertz CT molecular complexity index is 219. The van der Waals surface area contributed by atoms with Gasteiger partial charge >= 0.3 is 5.97 Å². The van der Waals surface area contributed by atoms with Crippen LogP contribution >= 0.6 is 0 Å². The first kappa shape index (κ1) is 14.5. The molecule has 90 valence electrons. The van der Waals surface area contributed by atoms with Gasteiger partial charge in [-0.25, -0.2) is 4.21 Å². The lowest BCUT2D eigenvalue weighted by Crippen LogP contribution is -2.21. The lowest BCUT2D eigenvalue weighted by Gasteiger charge is -2.15. The third-order valence-corrected chi connectivity index (χ3v) is 2.83. The topological polar surface area (TPSA) is 104 Å². The van der Waals surface area contributed by atoms with Gasteiger partial charge in [0.05, 0.1) is 11.7 Å². The zero-order valence-electron chi connectivity index (χ0n) is 8.46. The Balaban J connectivity index is 4.02.